The number of rotatable bonds is 9. The molecule has 0 saturated heterocycles. The molecule has 0 heterocycles. The van der Waals surface area contributed by atoms with E-state index in [2.05, 4.69) is 62.3 Å². The Morgan fingerprint density at radius 1 is 1.32 bits per heavy atom. The summed E-state index contributed by atoms with van der Waals surface area (Å²) in [6.45, 7) is 10.0. The van der Waals surface area contributed by atoms with Gasteiger partial charge in [0.25, 0.3) is 0 Å². The van der Waals surface area contributed by atoms with Gasteiger partial charge in [-0.1, -0.05) is 36.8 Å². The Morgan fingerprint density at radius 3 is 2.79 bits per heavy atom. The van der Waals surface area contributed by atoms with Crippen LogP contribution in [-0.4, -0.2) is 31.1 Å². The van der Waals surface area contributed by atoms with Gasteiger partial charge >= 0.3 is 0 Å². The first kappa shape index (κ1) is 16.2. The Balaban J connectivity index is 2.19. The number of hydrogen-bond donors (Lipinski definition) is 1. The van der Waals surface area contributed by atoms with Crippen molar-refractivity contribution >= 4 is 0 Å². The average Bonchev–Trinajstić information content (AvgIpc) is 2.36. The average molecular weight is 262 g/mol. The van der Waals surface area contributed by atoms with Gasteiger partial charge in [-0.15, -0.1) is 0 Å². The molecule has 0 aliphatic rings. The summed E-state index contributed by atoms with van der Waals surface area (Å²) >= 11 is 0. The minimum atomic E-state index is 0.646. The van der Waals surface area contributed by atoms with Gasteiger partial charge in [0.15, 0.2) is 0 Å². The lowest BCUT2D eigenvalue weighted by Crippen LogP contribution is -2.28. The van der Waals surface area contributed by atoms with Crippen molar-refractivity contribution in [2.45, 2.75) is 52.6 Å². The lowest BCUT2D eigenvalue weighted by atomic mass is 10.1. The van der Waals surface area contributed by atoms with Crippen molar-refractivity contribution in [1.82, 2.24) is 10.2 Å². The molecular formula is C17H30N2. The summed E-state index contributed by atoms with van der Waals surface area (Å²) in [4.78, 5) is 2.42. The lowest BCUT2D eigenvalue weighted by Gasteiger charge is -2.19. The maximum Gasteiger partial charge on any atom is 0.0230 e. The van der Waals surface area contributed by atoms with Crippen LogP contribution >= 0.6 is 0 Å². The van der Waals surface area contributed by atoms with Crippen molar-refractivity contribution in [3.8, 4) is 0 Å². The number of aryl methyl sites for hydroxylation is 1. The molecule has 0 aromatic heterocycles. The maximum atomic E-state index is 3.54. The summed E-state index contributed by atoms with van der Waals surface area (Å²) in [5, 5.41) is 3.54. The van der Waals surface area contributed by atoms with Crippen molar-refractivity contribution < 1.29 is 0 Å². The standard InChI is InChI=1S/C17H30N2/c1-5-11-18-16(3)9-7-12-19(4)14-17-10-6-8-15(2)13-17/h6,8,10,13,16,18H,5,7,9,11-12,14H2,1-4H3. The predicted molar refractivity (Wildman–Crippen MR) is 84.5 cm³/mol. The van der Waals surface area contributed by atoms with Crippen molar-refractivity contribution in [3.05, 3.63) is 35.4 Å². The third-order valence-electron chi connectivity index (χ3n) is 3.45. The van der Waals surface area contributed by atoms with E-state index in [9.17, 15) is 0 Å². The highest BCUT2D eigenvalue weighted by molar-refractivity contribution is 5.21. The van der Waals surface area contributed by atoms with Gasteiger partial charge in [-0.2, -0.15) is 0 Å². The van der Waals surface area contributed by atoms with E-state index in [0.717, 1.165) is 13.1 Å². The fourth-order valence-corrected chi connectivity index (χ4v) is 2.36. The molecule has 0 bridgehead atoms. The fourth-order valence-electron chi connectivity index (χ4n) is 2.36. The van der Waals surface area contributed by atoms with Crippen LogP contribution in [0.1, 0.15) is 44.2 Å². The molecule has 108 valence electrons. The van der Waals surface area contributed by atoms with Gasteiger partial charge in [-0.25, -0.2) is 0 Å². The fraction of sp³-hybridized carbons (Fsp3) is 0.647. The number of hydrogen-bond acceptors (Lipinski definition) is 2. The van der Waals surface area contributed by atoms with Crippen molar-refractivity contribution in [2.75, 3.05) is 20.1 Å². The minimum Gasteiger partial charge on any atom is -0.314 e. The van der Waals surface area contributed by atoms with Gasteiger partial charge in [0.05, 0.1) is 0 Å². The van der Waals surface area contributed by atoms with E-state index >= 15 is 0 Å². The highest BCUT2D eigenvalue weighted by Crippen LogP contribution is 2.07. The van der Waals surface area contributed by atoms with Crippen molar-refractivity contribution in [3.63, 3.8) is 0 Å². The van der Waals surface area contributed by atoms with E-state index in [-0.39, 0.29) is 0 Å². The van der Waals surface area contributed by atoms with Crippen molar-refractivity contribution in [2.24, 2.45) is 0 Å². The highest BCUT2D eigenvalue weighted by Gasteiger charge is 2.03. The normalized spacial score (nSPS) is 12.9. The molecule has 0 saturated carbocycles. The molecule has 0 amide bonds. The van der Waals surface area contributed by atoms with Gasteiger partial charge in [-0.3, -0.25) is 0 Å². The second kappa shape index (κ2) is 9.11. The lowest BCUT2D eigenvalue weighted by molar-refractivity contribution is 0.310. The second-order valence-corrected chi connectivity index (χ2v) is 5.72. The zero-order valence-electron chi connectivity index (χ0n) is 13.1. The summed E-state index contributed by atoms with van der Waals surface area (Å²) < 4.78 is 0. The summed E-state index contributed by atoms with van der Waals surface area (Å²) in [5.74, 6) is 0. The molecule has 1 N–H and O–H groups in total. The molecule has 2 heteroatoms. The topological polar surface area (TPSA) is 15.3 Å². The summed E-state index contributed by atoms with van der Waals surface area (Å²) in [5.41, 5.74) is 2.77. The molecule has 0 fully saturated rings. The zero-order chi connectivity index (χ0) is 14.1. The second-order valence-electron chi connectivity index (χ2n) is 5.72. The van der Waals surface area contributed by atoms with E-state index in [4.69, 9.17) is 0 Å². The predicted octanol–water partition coefficient (Wildman–Crippen LogP) is 3.60. The van der Waals surface area contributed by atoms with E-state index in [1.54, 1.807) is 0 Å². The van der Waals surface area contributed by atoms with Crippen molar-refractivity contribution in [1.29, 1.82) is 0 Å². The van der Waals surface area contributed by atoms with Gasteiger partial charge in [-0.05, 0) is 58.8 Å². The molecule has 0 radical (unpaired) electrons. The van der Waals surface area contributed by atoms with Crippen LogP contribution in [0.2, 0.25) is 0 Å². The molecule has 1 atom stereocenters. The van der Waals surface area contributed by atoms with Crippen LogP contribution in [0, 0.1) is 6.92 Å². The van der Waals surface area contributed by atoms with Crippen LogP contribution in [0.25, 0.3) is 0 Å². The minimum absolute atomic E-state index is 0.646. The Labute approximate surface area is 119 Å². The summed E-state index contributed by atoms with van der Waals surface area (Å²) in [6, 6.07) is 9.45. The first-order chi connectivity index (χ1) is 9.11. The van der Waals surface area contributed by atoms with Crippen LogP contribution < -0.4 is 5.32 Å². The molecule has 0 aliphatic heterocycles. The molecular weight excluding hydrogens is 232 g/mol. The Kier molecular flexibility index (Phi) is 7.76. The SMILES string of the molecule is CCCNC(C)CCCN(C)Cc1cccc(C)c1. The molecule has 2 nitrogen and oxygen atoms in total. The van der Waals surface area contributed by atoms with Gasteiger partial charge in [0, 0.05) is 12.6 Å². The smallest absolute Gasteiger partial charge is 0.0230 e. The largest absolute Gasteiger partial charge is 0.314 e. The van der Waals surface area contributed by atoms with Crippen LogP contribution in [0.4, 0.5) is 0 Å². The third kappa shape index (κ3) is 7.34. The monoisotopic (exact) mass is 262 g/mol. The zero-order valence-corrected chi connectivity index (χ0v) is 13.1. The highest BCUT2D eigenvalue weighted by atomic mass is 15.1. The van der Waals surface area contributed by atoms with Gasteiger partial charge in [0.1, 0.15) is 0 Å². The van der Waals surface area contributed by atoms with Crippen LogP contribution in [-0.2, 0) is 6.54 Å². The summed E-state index contributed by atoms with van der Waals surface area (Å²) in [7, 11) is 2.21. The molecule has 19 heavy (non-hydrogen) atoms. The Hall–Kier alpha value is -0.860. The number of nitrogens with one attached hydrogen (secondary N) is 1. The van der Waals surface area contributed by atoms with E-state index in [0.29, 0.717) is 6.04 Å². The quantitative estimate of drug-likeness (QED) is 0.731. The summed E-state index contributed by atoms with van der Waals surface area (Å²) in [6.07, 6.45) is 3.75. The van der Waals surface area contributed by atoms with E-state index < -0.39 is 0 Å². The van der Waals surface area contributed by atoms with Gasteiger partial charge < -0.3 is 10.2 Å². The molecule has 0 aliphatic carbocycles. The number of nitrogens with zero attached hydrogens (tertiary/aromatic N) is 1. The van der Waals surface area contributed by atoms with E-state index in [1.807, 2.05) is 0 Å². The maximum absolute atomic E-state index is 3.54. The van der Waals surface area contributed by atoms with E-state index in [1.165, 1.54) is 36.9 Å². The Bertz CT molecular complexity index is 349. The third-order valence-corrected chi connectivity index (χ3v) is 3.45. The van der Waals surface area contributed by atoms with Crippen LogP contribution in [0.3, 0.4) is 0 Å². The number of benzene rings is 1. The first-order valence-corrected chi connectivity index (χ1v) is 7.59. The molecule has 1 unspecified atom stereocenters. The van der Waals surface area contributed by atoms with Crippen LogP contribution in [0.15, 0.2) is 24.3 Å². The Morgan fingerprint density at radius 2 is 2.11 bits per heavy atom. The molecule has 0 spiro atoms. The van der Waals surface area contributed by atoms with Gasteiger partial charge in [0.2, 0.25) is 0 Å². The van der Waals surface area contributed by atoms with Crippen LogP contribution in [0.5, 0.6) is 0 Å². The first-order valence-electron chi connectivity index (χ1n) is 7.59. The molecule has 1 aromatic carbocycles. The molecule has 1 aromatic rings. The molecule has 1 rings (SSSR count).